The molecular formula is C16H17N5O. The van der Waals surface area contributed by atoms with Crippen molar-refractivity contribution >= 4 is 5.91 Å². The molecule has 0 unspecified atom stereocenters. The summed E-state index contributed by atoms with van der Waals surface area (Å²) in [6.07, 6.45) is 7.96. The topological polar surface area (TPSA) is 64.7 Å². The third-order valence-electron chi connectivity index (χ3n) is 3.41. The predicted octanol–water partition coefficient (Wildman–Crippen LogP) is 1.41. The van der Waals surface area contributed by atoms with E-state index in [1.165, 1.54) is 0 Å². The molecule has 0 saturated heterocycles. The Hall–Kier alpha value is -2.89. The zero-order valence-electron chi connectivity index (χ0n) is 12.3. The minimum Gasteiger partial charge on any atom is -0.358 e. The lowest BCUT2D eigenvalue weighted by atomic mass is 10.2. The maximum Gasteiger partial charge on any atom is 0.239 e. The van der Waals surface area contributed by atoms with Gasteiger partial charge in [-0.25, -0.2) is 9.67 Å². The van der Waals surface area contributed by atoms with Crippen molar-refractivity contribution in [3.05, 3.63) is 66.5 Å². The Morgan fingerprint density at radius 3 is 2.86 bits per heavy atom. The molecule has 112 valence electrons. The van der Waals surface area contributed by atoms with Crippen LogP contribution in [0.3, 0.4) is 0 Å². The Balaban J connectivity index is 1.76. The standard InChI is InChI=1S/C16H17N5O/c1-17-16(22)12-20-8-7-18-15(20)9-13-10-19-21(11-13)14-5-3-2-4-6-14/h2-8,10-11H,9,12H2,1H3,(H,17,22). The van der Waals surface area contributed by atoms with E-state index in [2.05, 4.69) is 15.4 Å². The second-order valence-corrected chi connectivity index (χ2v) is 4.95. The molecule has 2 heterocycles. The molecule has 1 amide bonds. The molecule has 1 N–H and O–H groups in total. The predicted molar refractivity (Wildman–Crippen MR) is 82.7 cm³/mol. The van der Waals surface area contributed by atoms with Crippen LogP contribution >= 0.6 is 0 Å². The highest BCUT2D eigenvalue weighted by atomic mass is 16.1. The summed E-state index contributed by atoms with van der Waals surface area (Å²) < 4.78 is 3.68. The summed E-state index contributed by atoms with van der Waals surface area (Å²) in [5.74, 6) is 0.801. The fourth-order valence-electron chi connectivity index (χ4n) is 2.24. The minimum absolute atomic E-state index is 0.0424. The van der Waals surface area contributed by atoms with Gasteiger partial charge in [0.15, 0.2) is 0 Å². The Morgan fingerprint density at radius 2 is 2.09 bits per heavy atom. The van der Waals surface area contributed by atoms with E-state index in [4.69, 9.17) is 0 Å². The summed E-state index contributed by atoms with van der Waals surface area (Å²) in [4.78, 5) is 15.8. The van der Waals surface area contributed by atoms with Crippen molar-refractivity contribution in [2.24, 2.45) is 0 Å². The largest absolute Gasteiger partial charge is 0.358 e. The van der Waals surface area contributed by atoms with Crippen LogP contribution in [0.15, 0.2) is 55.1 Å². The molecule has 3 rings (SSSR count). The third kappa shape index (κ3) is 3.06. The lowest BCUT2D eigenvalue weighted by molar-refractivity contribution is -0.121. The van der Waals surface area contributed by atoms with Crippen LogP contribution in [0.25, 0.3) is 5.69 Å². The molecule has 0 aliphatic carbocycles. The van der Waals surface area contributed by atoms with Crippen molar-refractivity contribution in [2.75, 3.05) is 7.05 Å². The van der Waals surface area contributed by atoms with Crippen molar-refractivity contribution in [1.82, 2.24) is 24.6 Å². The van der Waals surface area contributed by atoms with E-state index in [1.807, 2.05) is 58.2 Å². The molecule has 0 fully saturated rings. The zero-order chi connectivity index (χ0) is 15.4. The SMILES string of the molecule is CNC(=O)Cn1ccnc1Cc1cnn(-c2ccccc2)c1. The number of benzene rings is 1. The summed E-state index contributed by atoms with van der Waals surface area (Å²) in [7, 11) is 1.63. The summed E-state index contributed by atoms with van der Waals surface area (Å²) in [5, 5.41) is 6.99. The van der Waals surface area contributed by atoms with Gasteiger partial charge in [-0.05, 0) is 17.7 Å². The van der Waals surface area contributed by atoms with Gasteiger partial charge in [0.2, 0.25) is 5.91 Å². The number of aromatic nitrogens is 4. The van der Waals surface area contributed by atoms with Crippen LogP contribution < -0.4 is 5.32 Å². The summed E-state index contributed by atoms with van der Waals surface area (Å²) >= 11 is 0. The van der Waals surface area contributed by atoms with Crippen LogP contribution in [0.4, 0.5) is 0 Å². The molecule has 0 aliphatic rings. The van der Waals surface area contributed by atoms with Gasteiger partial charge in [0.1, 0.15) is 12.4 Å². The number of carbonyl (C=O) groups excluding carboxylic acids is 1. The van der Waals surface area contributed by atoms with Crippen LogP contribution in [0.2, 0.25) is 0 Å². The van der Waals surface area contributed by atoms with Gasteiger partial charge in [-0.15, -0.1) is 0 Å². The van der Waals surface area contributed by atoms with Gasteiger partial charge in [0, 0.05) is 32.1 Å². The van der Waals surface area contributed by atoms with E-state index in [0.29, 0.717) is 6.42 Å². The number of likely N-dealkylation sites (N-methyl/N-ethyl adjacent to an activating group) is 1. The average molecular weight is 295 g/mol. The molecule has 1 aromatic carbocycles. The number of hydrogen-bond donors (Lipinski definition) is 1. The monoisotopic (exact) mass is 295 g/mol. The lowest BCUT2D eigenvalue weighted by Gasteiger charge is -2.05. The summed E-state index contributed by atoms with van der Waals surface area (Å²) in [5.41, 5.74) is 2.07. The third-order valence-corrected chi connectivity index (χ3v) is 3.41. The van der Waals surface area contributed by atoms with E-state index in [-0.39, 0.29) is 12.5 Å². The second-order valence-electron chi connectivity index (χ2n) is 4.95. The zero-order valence-corrected chi connectivity index (χ0v) is 12.3. The Bertz CT molecular complexity index is 760. The van der Waals surface area contributed by atoms with Crippen molar-refractivity contribution in [3.63, 3.8) is 0 Å². The highest BCUT2D eigenvalue weighted by molar-refractivity contribution is 5.75. The number of nitrogens with zero attached hydrogens (tertiary/aromatic N) is 4. The Morgan fingerprint density at radius 1 is 1.27 bits per heavy atom. The Kier molecular flexibility index (Phi) is 4.00. The number of para-hydroxylation sites is 1. The highest BCUT2D eigenvalue weighted by Crippen LogP contribution is 2.11. The van der Waals surface area contributed by atoms with E-state index < -0.39 is 0 Å². The minimum atomic E-state index is -0.0424. The number of rotatable bonds is 5. The molecule has 0 spiro atoms. The first-order valence-corrected chi connectivity index (χ1v) is 7.06. The van der Waals surface area contributed by atoms with Crippen LogP contribution in [-0.2, 0) is 17.8 Å². The summed E-state index contributed by atoms with van der Waals surface area (Å²) in [6.45, 7) is 0.276. The summed E-state index contributed by atoms with van der Waals surface area (Å²) in [6, 6.07) is 9.94. The maximum absolute atomic E-state index is 11.5. The van der Waals surface area contributed by atoms with E-state index in [9.17, 15) is 4.79 Å². The van der Waals surface area contributed by atoms with Gasteiger partial charge in [0.25, 0.3) is 0 Å². The number of carbonyl (C=O) groups is 1. The fourth-order valence-corrected chi connectivity index (χ4v) is 2.24. The molecule has 0 bridgehead atoms. The van der Waals surface area contributed by atoms with E-state index in [0.717, 1.165) is 17.1 Å². The number of amides is 1. The van der Waals surface area contributed by atoms with Gasteiger partial charge in [-0.3, -0.25) is 4.79 Å². The van der Waals surface area contributed by atoms with Crippen molar-refractivity contribution < 1.29 is 4.79 Å². The molecular weight excluding hydrogens is 278 g/mol. The number of nitrogens with one attached hydrogen (secondary N) is 1. The smallest absolute Gasteiger partial charge is 0.239 e. The fraction of sp³-hybridized carbons (Fsp3) is 0.188. The first kappa shape index (κ1) is 14.1. The van der Waals surface area contributed by atoms with E-state index in [1.54, 1.807) is 13.2 Å². The highest BCUT2D eigenvalue weighted by Gasteiger charge is 2.09. The molecule has 0 radical (unpaired) electrons. The maximum atomic E-state index is 11.5. The number of hydrogen-bond acceptors (Lipinski definition) is 3. The normalized spacial score (nSPS) is 10.6. The Labute approximate surface area is 128 Å². The van der Waals surface area contributed by atoms with Gasteiger partial charge in [-0.2, -0.15) is 5.10 Å². The van der Waals surface area contributed by atoms with E-state index >= 15 is 0 Å². The number of imidazole rings is 1. The first-order valence-electron chi connectivity index (χ1n) is 7.06. The molecule has 3 aromatic rings. The van der Waals surface area contributed by atoms with Crippen molar-refractivity contribution in [2.45, 2.75) is 13.0 Å². The van der Waals surface area contributed by atoms with Crippen LogP contribution in [-0.4, -0.2) is 32.3 Å². The van der Waals surface area contributed by atoms with Crippen LogP contribution in [0, 0.1) is 0 Å². The van der Waals surface area contributed by atoms with Crippen molar-refractivity contribution in [3.8, 4) is 5.69 Å². The molecule has 6 nitrogen and oxygen atoms in total. The van der Waals surface area contributed by atoms with Gasteiger partial charge >= 0.3 is 0 Å². The molecule has 0 aliphatic heterocycles. The van der Waals surface area contributed by atoms with Crippen LogP contribution in [0.5, 0.6) is 0 Å². The van der Waals surface area contributed by atoms with Gasteiger partial charge < -0.3 is 9.88 Å². The quantitative estimate of drug-likeness (QED) is 0.774. The van der Waals surface area contributed by atoms with Crippen LogP contribution in [0.1, 0.15) is 11.4 Å². The first-order chi connectivity index (χ1) is 10.8. The van der Waals surface area contributed by atoms with Gasteiger partial charge in [-0.1, -0.05) is 18.2 Å². The lowest BCUT2D eigenvalue weighted by Crippen LogP contribution is -2.24. The molecule has 2 aromatic heterocycles. The molecule has 6 heteroatoms. The second kappa shape index (κ2) is 6.26. The average Bonchev–Trinajstić information content (AvgIpc) is 3.19. The molecule has 0 saturated carbocycles. The van der Waals surface area contributed by atoms with Gasteiger partial charge in [0.05, 0.1) is 11.9 Å². The molecule has 0 atom stereocenters. The molecule has 22 heavy (non-hydrogen) atoms. The van der Waals surface area contributed by atoms with Crippen molar-refractivity contribution in [1.29, 1.82) is 0 Å².